The van der Waals surface area contributed by atoms with E-state index in [9.17, 15) is 9.50 Å². The molecule has 0 aliphatic rings. The molecule has 2 aromatic carbocycles. The number of halogens is 1. The predicted molar refractivity (Wildman–Crippen MR) is 87.8 cm³/mol. The lowest BCUT2D eigenvalue weighted by atomic mass is 10.2. The van der Waals surface area contributed by atoms with Gasteiger partial charge in [0, 0.05) is 5.56 Å². The van der Waals surface area contributed by atoms with E-state index in [1.807, 2.05) is 13.0 Å². The first-order chi connectivity index (χ1) is 10.6. The third kappa shape index (κ3) is 3.02. The monoisotopic (exact) mass is 312 g/mol. The molecule has 0 bridgehead atoms. The minimum atomic E-state index is -0.302. The summed E-state index contributed by atoms with van der Waals surface area (Å²) in [4.78, 5) is 4.27. The lowest BCUT2D eigenvalue weighted by Gasteiger charge is -2.02. The Morgan fingerprint density at radius 1 is 1.32 bits per heavy atom. The average molecular weight is 312 g/mol. The number of phenols is 1. The molecule has 2 N–H and O–H groups in total. The maximum absolute atomic E-state index is 13.4. The molecule has 0 fully saturated rings. The lowest BCUT2D eigenvalue weighted by molar-refractivity contribution is 0.480. The maximum atomic E-state index is 13.4. The second kappa shape index (κ2) is 6.04. The zero-order valence-corrected chi connectivity index (χ0v) is 12.7. The van der Waals surface area contributed by atoms with Gasteiger partial charge in [0.15, 0.2) is 0 Å². The molecule has 3 aromatic rings. The van der Waals surface area contributed by atoms with Crippen LogP contribution in [0.25, 0.3) is 10.2 Å². The van der Waals surface area contributed by atoms with Crippen molar-refractivity contribution in [2.75, 3.05) is 11.9 Å². The highest BCUT2D eigenvalue weighted by molar-refractivity contribution is 7.18. The molecule has 0 unspecified atom stereocenters. The summed E-state index contributed by atoms with van der Waals surface area (Å²) in [6.07, 6.45) is 0. The van der Waals surface area contributed by atoms with E-state index in [-0.39, 0.29) is 11.6 Å². The standard InChI is InChI=1S/C17H13FN2OS/c1-11-20-17-15(21)9-12(10-16(17)22-11)5-4-8-19-14-7-3-2-6-13(14)18/h2-3,6-7,9-10,19,21H,8H2,1H3. The fraction of sp³-hybridized carbons (Fsp3) is 0.118. The smallest absolute Gasteiger partial charge is 0.146 e. The van der Waals surface area contributed by atoms with Crippen molar-refractivity contribution in [2.24, 2.45) is 0 Å². The number of aryl methyl sites for hydroxylation is 1. The summed E-state index contributed by atoms with van der Waals surface area (Å²) in [7, 11) is 0. The average Bonchev–Trinajstić information content (AvgIpc) is 2.86. The molecule has 0 saturated carbocycles. The Hall–Kier alpha value is -2.58. The van der Waals surface area contributed by atoms with Crippen LogP contribution in [0.1, 0.15) is 10.6 Å². The Kier molecular flexibility index (Phi) is 3.94. The normalized spacial score (nSPS) is 10.3. The number of thiazole rings is 1. The predicted octanol–water partition coefficient (Wildman–Crippen LogP) is 3.91. The third-order valence-electron chi connectivity index (χ3n) is 3.06. The van der Waals surface area contributed by atoms with Crippen LogP contribution in [0.4, 0.5) is 10.1 Å². The van der Waals surface area contributed by atoms with Gasteiger partial charge in [-0.2, -0.15) is 0 Å². The van der Waals surface area contributed by atoms with Crippen LogP contribution in [0, 0.1) is 24.6 Å². The van der Waals surface area contributed by atoms with Crippen LogP contribution in [0.3, 0.4) is 0 Å². The zero-order valence-electron chi connectivity index (χ0n) is 11.9. The van der Waals surface area contributed by atoms with E-state index in [1.54, 1.807) is 24.3 Å². The molecule has 3 nitrogen and oxygen atoms in total. The summed E-state index contributed by atoms with van der Waals surface area (Å²) >= 11 is 1.51. The molecule has 3 rings (SSSR count). The summed E-state index contributed by atoms with van der Waals surface area (Å²) in [6, 6.07) is 9.95. The number of hydrogen-bond acceptors (Lipinski definition) is 4. The van der Waals surface area contributed by atoms with Gasteiger partial charge in [-0.1, -0.05) is 24.0 Å². The molecule has 0 aliphatic carbocycles. The van der Waals surface area contributed by atoms with Crippen molar-refractivity contribution in [3.8, 4) is 17.6 Å². The van der Waals surface area contributed by atoms with E-state index in [1.165, 1.54) is 17.4 Å². The second-order valence-electron chi connectivity index (χ2n) is 4.71. The van der Waals surface area contributed by atoms with Gasteiger partial charge in [0.1, 0.15) is 17.1 Å². The SMILES string of the molecule is Cc1nc2c(O)cc(C#CCNc3ccccc3F)cc2s1. The van der Waals surface area contributed by atoms with Crippen molar-refractivity contribution in [3.63, 3.8) is 0 Å². The molecule has 1 aromatic heterocycles. The van der Waals surface area contributed by atoms with E-state index in [2.05, 4.69) is 22.1 Å². The van der Waals surface area contributed by atoms with E-state index in [0.717, 1.165) is 9.71 Å². The van der Waals surface area contributed by atoms with E-state index < -0.39 is 0 Å². The Morgan fingerprint density at radius 2 is 2.14 bits per heavy atom. The molecule has 1 heterocycles. The van der Waals surface area contributed by atoms with Crippen molar-refractivity contribution in [1.29, 1.82) is 0 Å². The number of fused-ring (bicyclic) bond motifs is 1. The van der Waals surface area contributed by atoms with E-state index in [4.69, 9.17) is 0 Å². The molecule has 0 saturated heterocycles. The minimum absolute atomic E-state index is 0.133. The fourth-order valence-corrected chi connectivity index (χ4v) is 2.97. The van der Waals surface area contributed by atoms with E-state index in [0.29, 0.717) is 23.3 Å². The minimum Gasteiger partial charge on any atom is -0.506 e. The molecule has 5 heteroatoms. The maximum Gasteiger partial charge on any atom is 0.146 e. The van der Waals surface area contributed by atoms with E-state index >= 15 is 0 Å². The highest BCUT2D eigenvalue weighted by atomic mass is 32.1. The number of nitrogens with zero attached hydrogens (tertiary/aromatic N) is 1. The Bertz CT molecular complexity index is 893. The van der Waals surface area contributed by atoms with Crippen molar-refractivity contribution >= 4 is 27.2 Å². The number of aromatic hydroxyl groups is 1. The van der Waals surface area contributed by atoms with Gasteiger partial charge in [0.05, 0.1) is 21.9 Å². The Balaban J connectivity index is 1.75. The first-order valence-corrected chi connectivity index (χ1v) is 7.52. The largest absolute Gasteiger partial charge is 0.506 e. The molecule has 22 heavy (non-hydrogen) atoms. The molecule has 0 spiro atoms. The fourth-order valence-electron chi connectivity index (χ4n) is 2.09. The molecule has 0 aliphatic heterocycles. The van der Waals surface area contributed by atoms with Crippen LogP contribution in [-0.2, 0) is 0 Å². The second-order valence-corrected chi connectivity index (χ2v) is 5.94. The molecule has 0 atom stereocenters. The van der Waals surface area contributed by atoms with Gasteiger partial charge >= 0.3 is 0 Å². The van der Waals surface area contributed by atoms with Gasteiger partial charge in [-0.05, 0) is 31.2 Å². The van der Waals surface area contributed by atoms with Crippen molar-refractivity contribution < 1.29 is 9.50 Å². The number of hydrogen-bond donors (Lipinski definition) is 2. The molecular formula is C17H13FN2OS. The van der Waals surface area contributed by atoms with Gasteiger partial charge in [-0.25, -0.2) is 9.37 Å². The molecular weight excluding hydrogens is 299 g/mol. The first kappa shape index (κ1) is 14.4. The number of nitrogens with one attached hydrogen (secondary N) is 1. The number of aromatic nitrogens is 1. The summed E-state index contributed by atoms with van der Waals surface area (Å²) < 4.78 is 14.3. The lowest BCUT2D eigenvalue weighted by Crippen LogP contribution is -2.00. The van der Waals surface area contributed by atoms with Crippen molar-refractivity contribution in [2.45, 2.75) is 6.92 Å². The summed E-state index contributed by atoms with van der Waals surface area (Å²) in [6.45, 7) is 2.22. The van der Waals surface area contributed by atoms with Crippen LogP contribution in [0.2, 0.25) is 0 Å². The summed E-state index contributed by atoms with van der Waals surface area (Å²) in [5.74, 6) is 5.71. The van der Waals surface area contributed by atoms with Gasteiger partial charge in [0.2, 0.25) is 0 Å². The number of benzene rings is 2. The van der Waals surface area contributed by atoms with Gasteiger partial charge < -0.3 is 10.4 Å². The zero-order chi connectivity index (χ0) is 15.5. The molecule has 0 radical (unpaired) electrons. The van der Waals surface area contributed by atoms with Crippen LogP contribution in [0.15, 0.2) is 36.4 Å². The van der Waals surface area contributed by atoms with Crippen LogP contribution < -0.4 is 5.32 Å². The molecule has 110 valence electrons. The van der Waals surface area contributed by atoms with Crippen LogP contribution in [0.5, 0.6) is 5.75 Å². The van der Waals surface area contributed by atoms with Crippen molar-refractivity contribution in [1.82, 2.24) is 4.98 Å². The number of rotatable bonds is 2. The third-order valence-corrected chi connectivity index (χ3v) is 3.97. The highest BCUT2D eigenvalue weighted by Gasteiger charge is 2.06. The summed E-state index contributed by atoms with van der Waals surface area (Å²) in [5.41, 5.74) is 1.75. The quantitative estimate of drug-likeness (QED) is 0.705. The first-order valence-electron chi connectivity index (χ1n) is 6.71. The van der Waals surface area contributed by atoms with Crippen LogP contribution in [-0.4, -0.2) is 16.6 Å². The highest BCUT2D eigenvalue weighted by Crippen LogP contribution is 2.30. The Morgan fingerprint density at radius 3 is 2.95 bits per heavy atom. The number of para-hydroxylation sites is 1. The topological polar surface area (TPSA) is 45.2 Å². The van der Waals surface area contributed by atoms with Crippen LogP contribution >= 0.6 is 11.3 Å². The number of phenolic OH excluding ortho intramolecular Hbond substituents is 1. The number of anilines is 1. The Labute approximate surface area is 131 Å². The van der Waals surface area contributed by atoms with Gasteiger partial charge in [-0.3, -0.25) is 0 Å². The van der Waals surface area contributed by atoms with Crippen molar-refractivity contribution in [3.05, 3.63) is 52.8 Å². The van der Waals surface area contributed by atoms with Gasteiger partial charge in [0.25, 0.3) is 0 Å². The van der Waals surface area contributed by atoms with Gasteiger partial charge in [-0.15, -0.1) is 11.3 Å². The summed E-state index contributed by atoms with van der Waals surface area (Å²) in [5, 5.41) is 13.8. The molecule has 0 amide bonds.